The summed E-state index contributed by atoms with van der Waals surface area (Å²) in [4.78, 5) is 29.0. The van der Waals surface area contributed by atoms with Crippen LogP contribution >= 0.6 is 11.6 Å². The molecular weight excluding hydrogens is 492 g/mol. The van der Waals surface area contributed by atoms with Crippen molar-refractivity contribution in [3.63, 3.8) is 0 Å². The summed E-state index contributed by atoms with van der Waals surface area (Å²) in [6.07, 6.45) is -0.186. The zero-order valence-electron chi connectivity index (χ0n) is 21.1. The van der Waals surface area contributed by atoms with Gasteiger partial charge in [-0.15, -0.1) is 0 Å². The molecule has 37 heavy (non-hydrogen) atoms. The summed E-state index contributed by atoms with van der Waals surface area (Å²) < 4.78 is 16.5. The van der Waals surface area contributed by atoms with Gasteiger partial charge in [0.1, 0.15) is 5.75 Å². The molecule has 1 aliphatic heterocycles. The summed E-state index contributed by atoms with van der Waals surface area (Å²) in [6, 6.07) is 22.2. The van der Waals surface area contributed by atoms with Crippen molar-refractivity contribution in [1.29, 1.82) is 0 Å². The predicted octanol–water partition coefficient (Wildman–Crippen LogP) is 4.85. The van der Waals surface area contributed by atoms with Gasteiger partial charge in [0, 0.05) is 37.7 Å². The van der Waals surface area contributed by atoms with E-state index in [1.54, 1.807) is 31.4 Å². The van der Waals surface area contributed by atoms with E-state index in [4.69, 9.17) is 25.8 Å². The Morgan fingerprint density at radius 2 is 1.57 bits per heavy atom. The van der Waals surface area contributed by atoms with Crippen molar-refractivity contribution in [2.75, 3.05) is 46.9 Å². The van der Waals surface area contributed by atoms with Gasteiger partial charge in [0.15, 0.2) is 0 Å². The highest BCUT2D eigenvalue weighted by atomic mass is 35.5. The van der Waals surface area contributed by atoms with Crippen LogP contribution < -0.4 is 4.74 Å². The second-order valence-electron chi connectivity index (χ2n) is 8.83. The van der Waals surface area contributed by atoms with E-state index in [0.29, 0.717) is 48.1 Å². The lowest BCUT2D eigenvalue weighted by Gasteiger charge is -2.36. The van der Waals surface area contributed by atoms with E-state index in [1.165, 1.54) is 7.11 Å². The minimum Gasteiger partial charge on any atom is -0.496 e. The van der Waals surface area contributed by atoms with Crippen molar-refractivity contribution >= 4 is 23.5 Å². The fourth-order valence-corrected chi connectivity index (χ4v) is 4.47. The highest BCUT2D eigenvalue weighted by Crippen LogP contribution is 2.25. The number of nitrogens with zero attached hydrogens (tertiary/aromatic N) is 2. The maximum atomic E-state index is 13.1. The van der Waals surface area contributed by atoms with Crippen LogP contribution in [0.1, 0.15) is 37.9 Å². The molecular formula is C29H31ClN2O5. The van der Waals surface area contributed by atoms with Crippen LogP contribution in [-0.2, 0) is 16.1 Å². The molecule has 0 bridgehead atoms. The number of amides is 1. The van der Waals surface area contributed by atoms with Crippen LogP contribution in [0, 0.1) is 0 Å². The van der Waals surface area contributed by atoms with Gasteiger partial charge in [-0.05, 0) is 47.5 Å². The van der Waals surface area contributed by atoms with E-state index in [-0.39, 0.29) is 18.0 Å². The number of piperazine rings is 1. The molecule has 0 spiro atoms. The van der Waals surface area contributed by atoms with E-state index in [1.807, 2.05) is 53.4 Å². The van der Waals surface area contributed by atoms with Crippen LogP contribution in [0.2, 0.25) is 5.02 Å². The number of carbonyl (C=O) groups is 2. The molecule has 3 aromatic carbocycles. The van der Waals surface area contributed by atoms with E-state index in [9.17, 15) is 9.59 Å². The molecule has 4 rings (SSSR count). The second-order valence-corrected chi connectivity index (χ2v) is 9.27. The number of ether oxygens (including phenoxy) is 3. The van der Waals surface area contributed by atoms with Crippen molar-refractivity contribution in [3.8, 4) is 5.75 Å². The largest absolute Gasteiger partial charge is 0.496 e. The van der Waals surface area contributed by atoms with Crippen LogP contribution in [0.4, 0.5) is 0 Å². The number of hydrogen-bond donors (Lipinski definition) is 0. The molecule has 1 fully saturated rings. The van der Waals surface area contributed by atoms with Gasteiger partial charge in [-0.1, -0.05) is 48.0 Å². The summed E-state index contributed by atoms with van der Waals surface area (Å²) in [7, 11) is 2.94. The van der Waals surface area contributed by atoms with Crippen LogP contribution in [-0.4, -0.2) is 68.6 Å². The molecule has 8 heteroatoms. The van der Waals surface area contributed by atoms with Crippen molar-refractivity contribution in [1.82, 2.24) is 9.80 Å². The normalized spacial score (nSPS) is 14.7. The third kappa shape index (κ3) is 6.89. The van der Waals surface area contributed by atoms with Gasteiger partial charge in [-0.3, -0.25) is 9.69 Å². The summed E-state index contributed by atoms with van der Waals surface area (Å²) in [5, 5.41) is 0.671. The van der Waals surface area contributed by atoms with Gasteiger partial charge >= 0.3 is 5.97 Å². The molecule has 7 nitrogen and oxygen atoms in total. The number of para-hydroxylation sites is 1. The standard InChI is InChI=1S/C29H31ClN2O5/c1-35-26-6-4-3-5-25(26)28(33)32-17-15-31(16-18-32)19-27(22-11-13-24(30)14-12-22)37-20-21-7-9-23(10-8-21)29(34)36-2/h3-14,27H,15-20H2,1-2H3/t27-/m1/s1. The Morgan fingerprint density at radius 1 is 0.892 bits per heavy atom. The summed E-state index contributed by atoms with van der Waals surface area (Å²) in [5.74, 6) is 0.207. The fourth-order valence-electron chi connectivity index (χ4n) is 4.34. The SMILES string of the molecule is COC(=O)c1ccc(CO[C@H](CN2CCN(C(=O)c3ccccc3OC)CC2)c2ccc(Cl)cc2)cc1. The lowest BCUT2D eigenvalue weighted by atomic mass is 10.1. The molecule has 1 heterocycles. The lowest BCUT2D eigenvalue weighted by Crippen LogP contribution is -2.49. The van der Waals surface area contributed by atoms with Crippen molar-refractivity contribution in [2.24, 2.45) is 0 Å². The summed E-state index contributed by atoms with van der Waals surface area (Å²) >= 11 is 6.12. The number of esters is 1. The highest BCUT2D eigenvalue weighted by Gasteiger charge is 2.26. The van der Waals surface area contributed by atoms with Crippen molar-refractivity contribution in [2.45, 2.75) is 12.7 Å². The summed E-state index contributed by atoms with van der Waals surface area (Å²) in [6.45, 7) is 3.79. The molecule has 0 N–H and O–H groups in total. The Morgan fingerprint density at radius 3 is 2.22 bits per heavy atom. The van der Waals surface area contributed by atoms with Gasteiger partial charge in [-0.2, -0.15) is 0 Å². The molecule has 1 amide bonds. The Balaban J connectivity index is 1.39. The molecule has 3 aromatic rings. The topological polar surface area (TPSA) is 68.3 Å². The van der Waals surface area contributed by atoms with Crippen LogP contribution in [0.3, 0.4) is 0 Å². The van der Waals surface area contributed by atoms with Crippen LogP contribution in [0.15, 0.2) is 72.8 Å². The molecule has 194 valence electrons. The molecule has 0 aliphatic carbocycles. The number of carbonyl (C=O) groups excluding carboxylic acids is 2. The first-order chi connectivity index (χ1) is 18.0. The first-order valence-electron chi connectivity index (χ1n) is 12.2. The van der Waals surface area contributed by atoms with Crippen molar-refractivity contribution < 1.29 is 23.8 Å². The minimum absolute atomic E-state index is 0.0157. The number of halogens is 1. The van der Waals surface area contributed by atoms with Gasteiger partial charge < -0.3 is 19.1 Å². The number of benzene rings is 3. The Kier molecular flexibility index (Phi) is 9.17. The molecule has 1 atom stereocenters. The number of rotatable bonds is 9. The Labute approximate surface area is 222 Å². The minimum atomic E-state index is -0.366. The van der Waals surface area contributed by atoms with E-state index < -0.39 is 0 Å². The van der Waals surface area contributed by atoms with Gasteiger partial charge in [0.25, 0.3) is 5.91 Å². The summed E-state index contributed by atoms with van der Waals surface area (Å²) in [5.41, 5.74) is 3.07. The van der Waals surface area contributed by atoms with E-state index in [2.05, 4.69) is 4.90 Å². The molecule has 0 aromatic heterocycles. The quantitative estimate of drug-likeness (QED) is 0.374. The van der Waals surface area contributed by atoms with Gasteiger partial charge in [-0.25, -0.2) is 4.79 Å². The fraction of sp³-hybridized carbons (Fsp3) is 0.310. The number of hydrogen-bond acceptors (Lipinski definition) is 6. The van der Waals surface area contributed by atoms with Crippen molar-refractivity contribution in [3.05, 3.63) is 100 Å². The smallest absolute Gasteiger partial charge is 0.337 e. The molecule has 1 aliphatic rings. The van der Waals surface area contributed by atoms with Gasteiger partial charge in [0.05, 0.1) is 38.1 Å². The molecule has 0 unspecified atom stereocenters. The predicted molar refractivity (Wildman–Crippen MR) is 142 cm³/mol. The third-order valence-electron chi connectivity index (χ3n) is 6.49. The van der Waals surface area contributed by atoms with E-state index in [0.717, 1.165) is 24.2 Å². The molecule has 0 radical (unpaired) electrons. The van der Waals surface area contributed by atoms with Crippen LogP contribution in [0.25, 0.3) is 0 Å². The third-order valence-corrected chi connectivity index (χ3v) is 6.74. The zero-order chi connectivity index (χ0) is 26.2. The molecule has 0 saturated carbocycles. The lowest BCUT2D eigenvalue weighted by molar-refractivity contribution is 0.00338. The Bertz CT molecular complexity index is 1190. The maximum absolute atomic E-state index is 13.1. The Hall–Kier alpha value is -3.39. The first-order valence-corrected chi connectivity index (χ1v) is 12.5. The highest BCUT2D eigenvalue weighted by molar-refractivity contribution is 6.30. The van der Waals surface area contributed by atoms with E-state index >= 15 is 0 Å². The first kappa shape index (κ1) is 26.7. The van der Waals surface area contributed by atoms with Gasteiger partial charge in [0.2, 0.25) is 0 Å². The number of methoxy groups -OCH3 is 2. The van der Waals surface area contributed by atoms with Crippen LogP contribution in [0.5, 0.6) is 5.75 Å². The monoisotopic (exact) mass is 522 g/mol. The maximum Gasteiger partial charge on any atom is 0.337 e. The molecule has 1 saturated heterocycles. The average molecular weight is 523 g/mol. The second kappa shape index (κ2) is 12.7. The zero-order valence-corrected chi connectivity index (χ0v) is 21.8. The average Bonchev–Trinajstić information content (AvgIpc) is 2.95.